The zero-order chi connectivity index (χ0) is 20.2. The van der Waals surface area contributed by atoms with Gasteiger partial charge < -0.3 is 10.2 Å². The number of nitrogens with zero attached hydrogens (tertiary/aromatic N) is 4. The lowest BCUT2D eigenvalue weighted by Gasteiger charge is -2.27. The summed E-state index contributed by atoms with van der Waals surface area (Å²) in [5, 5.41) is 11.0. The number of benzene rings is 2. The predicted octanol–water partition coefficient (Wildman–Crippen LogP) is 1.82. The van der Waals surface area contributed by atoms with Crippen LogP contribution in [0.2, 0.25) is 0 Å². The Morgan fingerprint density at radius 1 is 1.07 bits per heavy atom. The van der Waals surface area contributed by atoms with E-state index in [1.807, 2.05) is 30.3 Å². The summed E-state index contributed by atoms with van der Waals surface area (Å²) in [6, 6.07) is 15.7. The van der Waals surface area contributed by atoms with Crippen molar-refractivity contribution >= 4 is 11.8 Å². The highest BCUT2D eigenvalue weighted by Crippen LogP contribution is 2.18. The Morgan fingerprint density at radius 2 is 1.86 bits per heavy atom. The molecule has 4 rings (SSSR count). The fourth-order valence-electron chi connectivity index (χ4n) is 3.33. The van der Waals surface area contributed by atoms with E-state index in [1.54, 1.807) is 21.7 Å². The first kappa shape index (κ1) is 18.8. The fraction of sp³-hybridized carbons (Fsp3) is 0.238. The number of fused-ring (bicyclic) bond motifs is 1. The van der Waals surface area contributed by atoms with Gasteiger partial charge in [-0.1, -0.05) is 47.7 Å². The summed E-state index contributed by atoms with van der Waals surface area (Å²) < 4.78 is 14.8. The molecule has 0 aliphatic carbocycles. The largest absolute Gasteiger partial charge is 0.350 e. The molecular weight excluding hydrogens is 373 g/mol. The number of rotatable bonds is 6. The number of hydrogen-bond acceptors (Lipinski definition) is 4. The molecule has 0 radical (unpaired) electrons. The molecule has 2 aromatic carbocycles. The van der Waals surface area contributed by atoms with Crippen LogP contribution in [0, 0.1) is 5.82 Å². The third-order valence-electron chi connectivity index (χ3n) is 4.82. The quantitative estimate of drug-likeness (QED) is 0.693. The lowest BCUT2D eigenvalue weighted by molar-refractivity contribution is -0.135. The van der Waals surface area contributed by atoms with E-state index in [2.05, 4.69) is 15.6 Å². The van der Waals surface area contributed by atoms with Crippen molar-refractivity contribution in [2.75, 3.05) is 0 Å². The van der Waals surface area contributed by atoms with E-state index in [1.165, 1.54) is 12.1 Å². The van der Waals surface area contributed by atoms with E-state index >= 15 is 0 Å². The second-order valence-electron chi connectivity index (χ2n) is 6.96. The molecule has 1 aromatic heterocycles. The van der Waals surface area contributed by atoms with Gasteiger partial charge in [-0.3, -0.25) is 9.59 Å². The molecule has 2 amide bonds. The van der Waals surface area contributed by atoms with Crippen LogP contribution in [0.4, 0.5) is 4.39 Å². The molecule has 0 atom stereocenters. The van der Waals surface area contributed by atoms with Crippen LogP contribution in [-0.4, -0.2) is 31.7 Å². The molecule has 0 spiro atoms. The third-order valence-corrected chi connectivity index (χ3v) is 4.82. The molecule has 1 N–H and O–H groups in total. The Bertz CT molecular complexity index is 1030. The zero-order valence-corrected chi connectivity index (χ0v) is 15.7. The van der Waals surface area contributed by atoms with E-state index in [-0.39, 0.29) is 37.1 Å². The van der Waals surface area contributed by atoms with Crippen molar-refractivity contribution in [3.63, 3.8) is 0 Å². The molecule has 0 fully saturated rings. The maximum Gasteiger partial charge on any atom is 0.245 e. The molecular formula is C21H20FN5O2. The van der Waals surface area contributed by atoms with Gasteiger partial charge in [0, 0.05) is 6.54 Å². The van der Waals surface area contributed by atoms with Gasteiger partial charge in [-0.15, -0.1) is 5.10 Å². The monoisotopic (exact) mass is 393 g/mol. The highest BCUT2D eigenvalue weighted by Gasteiger charge is 2.27. The number of aromatic nitrogens is 3. The molecule has 0 bridgehead atoms. The number of amides is 2. The molecule has 29 heavy (non-hydrogen) atoms. The number of halogens is 1. The molecule has 0 saturated carbocycles. The topological polar surface area (TPSA) is 80.1 Å². The van der Waals surface area contributed by atoms with Crippen LogP contribution in [-0.2, 0) is 42.2 Å². The summed E-state index contributed by atoms with van der Waals surface area (Å²) in [6.45, 7) is 1.23. The minimum Gasteiger partial charge on any atom is -0.350 e. The van der Waals surface area contributed by atoms with Crippen molar-refractivity contribution in [2.45, 2.75) is 32.6 Å². The van der Waals surface area contributed by atoms with Gasteiger partial charge in [0.25, 0.3) is 0 Å². The zero-order valence-electron chi connectivity index (χ0n) is 15.7. The standard InChI is InChI=1S/C21H20FN5O2/c22-17-8-4-7-16(9-17)10-20(28)23-11-18-19-13-26(12-15-5-2-1-3-6-15)21(29)14-27(19)25-24-18/h1-9H,10-14H2,(H,23,28). The van der Waals surface area contributed by atoms with Gasteiger partial charge in [0.15, 0.2) is 0 Å². The first-order valence-corrected chi connectivity index (χ1v) is 9.32. The van der Waals surface area contributed by atoms with Crippen molar-refractivity contribution < 1.29 is 14.0 Å². The third kappa shape index (κ3) is 4.48. The molecule has 1 aliphatic rings. The molecule has 0 unspecified atom stereocenters. The molecule has 7 nitrogen and oxygen atoms in total. The summed E-state index contributed by atoms with van der Waals surface area (Å²) in [5.41, 5.74) is 3.09. The van der Waals surface area contributed by atoms with E-state index < -0.39 is 0 Å². The molecule has 0 saturated heterocycles. The first-order valence-electron chi connectivity index (χ1n) is 9.32. The lowest BCUT2D eigenvalue weighted by atomic mass is 10.1. The van der Waals surface area contributed by atoms with Crippen LogP contribution < -0.4 is 5.32 Å². The van der Waals surface area contributed by atoms with Gasteiger partial charge in [0.2, 0.25) is 11.8 Å². The van der Waals surface area contributed by atoms with E-state index in [0.717, 1.165) is 11.3 Å². The van der Waals surface area contributed by atoms with Crippen LogP contribution in [0.25, 0.3) is 0 Å². The Labute approximate surface area is 167 Å². The molecule has 8 heteroatoms. The average molecular weight is 393 g/mol. The molecule has 2 heterocycles. The van der Waals surface area contributed by atoms with Crippen molar-refractivity contribution in [1.82, 2.24) is 25.2 Å². The van der Waals surface area contributed by atoms with Crippen LogP contribution >= 0.6 is 0 Å². The van der Waals surface area contributed by atoms with Crippen LogP contribution in [0.3, 0.4) is 0 Å². The number of hydrogen-bond donors (Lipinski definition) is 1. The Morgan fingerprint density at radius 3 is 2.66 bits per heavy atom. The van der Waals surface area contributed by atoms with Gasteiger partial charge in [0.1, 0.15) is 18.1 Å². The average Bonchev–Trinajstić information content (AvgIpc) is 3.09. The Kier molecular flexibility index (Phi) is 5.33. The summed E-state index contributed by atoms with van der Waals surface area (Å²) in [4.78, 5) is 26.4. The van der Waals surface area contributed by atoms with Crippen molar-refractivity contribution in [3.05, 3.63) is 82.9 Å². The normalized spacial score (nSPS) is 13.3. The number of carbonyl (C=O) groups excluding carboxylic acids is 2. The van der Waals surface area contributed by atoms with Gasteiger partial charge in [0.05, 0.1) is 25.2 Å². The summed E-state index contributed by atoms with van der Waals surface area (Å²) in [5.74, 6) is -0.621. The number of nitrogens with one attached hydrogen (secondary N) is 1. The van der Waals surface area contributed by atoms with Gasteiger partial charge in [-0.05, 0) is 23.3 Å². The summed E-state index contributed by atoms with van der Waals surface area (Å²) >= 11 is 0. The van der Waals surface area contributed by atoms with Crippen LogP contribution in [0.5, 0.6) is 0 Å². The Balaban J connectivity index is 1.39. The SMILES string of the molecule is O=C(Cc1cccc(F)c1)NCc1nnn2c1CN(Cc1ccccc1)C(=O)C2. The molecule has 3 aromatic rings. The van der Waals surface area contributed by atoms with Crippen molar-refractivity contribution in [2.24, 2.45) is 0 Å². The highest BCUT2D eigenvalue weighted by atomic mass is 19.1. The molecule has 148 valence electrons. The number of carbonyl (C=O) groups is 2. The maximum absolute atomic E-state index is 13.3. The second-order valence-corrected chi connectivity index (χ2v) is 6.96. The Hall–Kier alpha value is -3.55. The van der Waals surface area contributed by atoms with Gasteiger partial charge in [-0.25, -0.2) is 9.07 Å². The first-order chi connectivity index (χ1) is 14.1. The van der Waals surface area contributed by atoms with Crippen molar-refractivity contribution in [1.29, 1.82) is 0 Å². The highest BCUT2D eigenvalue weighted by molar-refractivity contribution is 5.78. The van der Waals surface area contributed by atoms with Gasteiger partial charge >= 0.3 is 0 Å². The summed E-state index contributed by atoms with van der Waals surface area (Å²) in [6.07, 6.45) is 0.0832. The van der Waals surface area contributed by atoms with Crippen molar-refractivity contribution in [3.8, 4) is 0 Å². The van der Waals surface area contributed by atoms with E-state index in [9.17, 15) is 14.0 Å². The minimum absolute atomic E-state index is 0.0204. The van der Waals surface area contributed by atoms with Gasteiger partial charge in [-0.2, -0.15) is 0 Å². The molecule has 1 aliphatic heterocycles. The fourth-order valence-corrected chi connectivity index (χ4v) is 3.33. The maximum atomic E-state index is 13.3. The summed E-state index contributed by atoms with van der Waals surface area (Å²) in [7, 11) is 0. The van der Waals surface area contributed by atoms with E-state index in [0.29, 0.717) is 24.3 Å². The van der Waals surface area contributed by atoms with Crippen LogP contribution in [0.15, 0.2) is 54.6 Å². The predicted molar refractivity (Wildman–Crippen MR) is 103 cm³/mol. The lowest BCUT2D eigenvalue weighted by Crippen LogP contribution is -2.39. The van der Waals surface area contributed by atoms with E-state index in [4.69, 9.17) is 0 Å². The second kappa shape index (κ2) is 8.22. The van der Waals surface area contributed by atoms with Crippen LogP contribution in [0.1, 0.15) is 22.5 Å². The smallest absolute Gasteiger partial charge is 0.245 e. The minimum atomic E-state index is -0.370.